The molecule has 0 saturated heterocycles. The first-order valence-corrected chi connectivity index (χ1v) is 2.69. The molecule has 62 valence electrons. The highest BCUT2D eigenvalue weighted by atomic mass is 16.6. The molecular formula is C5H7NO5. The molecule has 6 nitrogen and oxygen atoms in total. The Labute approximate surface area is 61.9 Å². The van der Waals surface area contributed by atoms with Crippen LogP contribution in [0.15, 0.2) is 0 Å². The molecule has 0 bridgehead atoms. The normalized spacial score (nSPS) is 11.8. The lowest BCUT2D eigenvalue weighted by Gasteiger charge is -2.01. The van der Waals surface area contributed by atoms with Crippen molar-refractivity contribution in [2.45, 2.75) is 13.0 Å². The van der Waals surface area contributed by atoms with Gasteiger partial charge in [0.15, 0.2) is 0 Å². The fraction of sp³-hybridized carbons (Fsp3) is 0.400. The van der Waals surface area contributed by atoms with Gasteiger partial charge in [-0.2, -0.15) is 0 Å². The van der Waals surface area contributed by atoms with Crippen molar-refractivity contribution in [1.29, 1.82) is 0 Å². The van der Waals surface area contributed by atoms with Crippen LogP contribution in [0.5, 0.6) is 0 Å². The van der Waals surface area contributed by atoms with Crippen molar-refractivity contribution in [3.05, 3.63) is 0 Å². The van der Waals surface area contributed by atoms with Gasteiger partial charge in [-0.15, -0.1) is 0 Å². The molecule has 0 rings (SSSR count). The second-order valence-corrected chi connectivity index (χ2v) is 1.80. The summed E-state index contributed by atoms with van der Waals surface area (Å²) >= 11 is 0. The van der Waals surface area contributed by atoms with Crippen molar-refractivity contribution in [3.8, 4) is 0 Å². The van der Waals surface area contributed by atoms with Crippen molar-refractivity contribution in [1.82, 2.24) is 0 Å². The van der Waals surface area contributed by atoms with E-state index in [-0.39, 0.29) is 0 Å². The summed E-state index contributed by atoms with van der Waals surface area (Å²) in [7, 11) is 0. The maximum Gasteiger partial charge on any atom is 0.424 e. The third-order valence-corrected chi connectivity index (χ3v) is 0.740. The smallest absolute Gasteiger partial charge is 0.424 e. The van der Waals surface area contributed by atoms with Crippen molar-refractivity contribution in [2.75, 3.05) is 0 Å². The van der Waals surface area contributed by atoms with Crippen molar-refractivity contribution in [2.24, 2.45) is 5.73 Å². The van der Waals surface area contributed by atoms with Crippen LogP contribution in [0.25, 0.3) is 0 Å². The van der Waals surface area contributed by atoms with Crippen LogP contribution in [0.2, 0.25) is 0 Å². The molecule has 0 saturated carbocycles. The Bertz CT molecular complexity index is 197. The van der Waals surface area contributed by atoms with Crippen LogP contribution in [0.1, 0.15) is 6.92 Å². The second kappa shape index (κ2) is 3.67. The molecule has 0 aliphatic heterocycles. The predicted octanol–water partition coefficient (Wildman–Crippen LogP) is -1.51. The first-order chi connectivity index (χ1) is 4.95. The number of carboxylic acid groups (broad SMARTS) is 1. The van der Waals surface area contributed by atoms with Crippen LogP contribution in [0.4, 0.5) is 0 Å². The topological polar surface area (TPSA) is 107 Å². The van der Waals surface area contributed by atoms with E-state index in [9.17, 15) is 14.4 Å². The molecule has 6 heteroatoms. The molecular weight excluding hydrogens is 154 g/mol. The average Bonchev–Trinajstić information content (AvgIpc) is 1.87. The number of nitrogens with two attached hydrogens (primary N) is 1. The number of rotatable bonds is 1. The minimum Gasteiger partial charge on any atom is -0.473 e. The molecule has 0 aromatic rings. The number of carbonyl (C=O) groups is 3. The number of esters is 2. The molecule has 11 heavy (non-hydrogen) atoms. The monoisotopic (exact) mass is 161 g/mol. The van der Waals surface area contributed by atoms with E-state index in [0.29, 0.717) is 0 Å². The molecule has 0 spiro atoms. The van der Waals surface area contributed by atoms with E-state index in [1.54, 1.807) is 0 Å². The molecule has 0 amide bonds. The third kappa shape index (κ3) is 3.31. The quantitative estimate of drug-likeness (QED) is 0.275. The van der Waals surface area contributed by atoms with Crippen molar-refractivity contribution >= 4 is 17.9 Å². The van der Waals surface area contributed by atoms with E-state index >= 15 is 0 Å². The molecule has 3 N–H and O–H groups in total. The summed E-state index contributed by atoms with van der Waals surface area (Å²) in [5, 5.41) is 7.95. The van der Waals surface area contributed by atoms with Gasteiger partial charge in [0.1, 0.15) is 6.04 Å². The molecule has 0 radical (unpaired) electrons. The Kier molecular flexibility index (Phi) is 3.19. The summed E-state index contributed by atoms with van der Waals surface area (Å²) < 4.78 is 3.77. The fourth-order valence-electron chi connectivity index (χ4n) is 0.228. The zero-order valence-electron chi connectivity index (χ0n) is 5.73. The number of aliphatic carboxylic acids is 1. The molecule has 1 atom stereocenters. The lowest BCUT2D eigenvalue weighted by Crippen LogP contribution is -2.32. The zero-order chi connectivity index (χ0) is 9.02. The summed E-state index contributed by atoms with van der Waals surface area (Å²) in [6.07, 6.45) is 0. The van der Waals surface area contributed by atoms with Gasteiger partial charge < -0.3 is 15.6 Å². The van der Waals surface area contributed by atoms with Crippen molar-refractivity contribution in [3.63, 3.8) is 0 Å². The van der Waals surface area contributed by atoms with Gasteiger partial charge in [-0.05, 0) is 6.92 Å². The van der Waals surface area contributed by atoms with Gasteiger partial charge >= 0.3 is 17.9 Å². The maximum absolute atomic E-state index is 10.4. The van der Waals surface area contributed by atoms with Crippen molar-refractivity contribution < 1.29 is 24.2 Å². The summed E-state index contributed by atoms with van der Waals surface area (Å²) in [5.41, 5.74) is 4.96. The molecule has 0 aromatic carbocycles. The Morgan fingerprint density at radius 1 is 1.45 bits per heavy atom. The predicted molar refractivity (Wildman–Crippen MR) is 32.4 cm³/mol. The highest BCUT2D eigenvalue weighted by molar-refractivity contribution is 6.30. The van der Waals surface area contributed by atoms with E-state index < -0.39 is 23.9 Å². The molecule has 0 aliphatic rings. The first kappa shape index (κ1) is 9.57. The molecule has 0 heterocycles. The van der Waals surface area contributed by atoms with E-state index in [0.717, 1.165) is 0 Å². The van der Waals surface area contributed by atoms with Gasteiger partial charge in [-0.1, -0.05) is 0 Å². The minimum absolute atomic E-state index is 1.00. The van der Waals surface area contributed by atoms with E-state index in [2.05, 4.69) is 4.74 Å². The average molecular weight is 161 g/mol. The number of hydrogen-bond donors (Lipinski definition) is 2. The van der Waals surface area contributed by atoms with Gasteiger partial charge in [0.25, 0.3) is 0 Å². The van der Waals surface area contributed by atoms with E-state index in [4.69, 9.17) is 10.8 Å². The SMILES string of the molecule is CC(N)C(=O)OC(=O)C(=O)O. The lowest BCUT2D eigenvalue weighted by molar-refractivity contribution is -0.171. The van der Waals surface area contributed by atoms with Gasteiger partial charge in [0, 0.05) is 0 Å². The Balaban J connectivity index is 3.96. The molecule has 0 aliphatic carbocycles. The van der Waals surface area contributed by atoms with Crippen LogP contribution < -0.4 is 5.73 Å². The Hall–Kier alpha value is -1.43. The van der Waals surface area contributed by atoms with Gasteiger partial charge in [-0.25, -0.2) is 14.4 Å². The van der Waals surface area contributed by atoms with E-state index in [1.807, 2.05) is 0 Å². The van der Waals surface area contributed by atoms with Gasteiger partial charge in [-0.3, -0.25) is 0 Å². The zero-order valence-corrected chi connectivity index (χ0v) is 5.73. The maximum atomic E-state index is 10.4. The number of carboxylic acids is 1. The minimum atomic E-state index is -1.82. The van der Waals surface area contributed by atoms with Gasteiger partial charge in [0.05, 0.1) is 0 Å². The van der Waals surface area contributed by atoms with Crippen LogP contribution in [-0.4, -0.2) is 29.1 Å². The summed E-state index contributed by atoms with van der Waals surface area (Å²) in [4.78, 5) is 30.4. The largest absolute Gasteiger partial charge is 0.473 e. The number of carbonyl (C=O) groups excluding carboxylic acids is 2. The van der Waals surface area contributed by atoms with Gasteiger partial charge in [0.2, 0.25) is 0 Å². The molecule has 0 aromatic heterocycles. The van der Waals surface area contributed by atoms with Crippen LogP contribution in [0, 0.1) is 0 Å². The summed E-state index contributed by atoms with van der Waals surface area (Å²) in [6, 6.07) is -1.00. The van der Waals surface area contributed by atoms with Crippen LogP contribution >= 0.6 is 0 Å². The number of ether oxygens (including phenoxy) is 1. The third-order valence-electron chi connectivity index (χ3n) is 0.740. The van der Waals surface area contributed by atoms with E-state index in [1.165, 1.54) is 6.92 Å². The first-order valence-electron chi connectivity index (χ1n) is 2.69. The Morgan fingerprint density at radius 2 is 1.91 bits per heavy atom. The summed E-state index contributed by atoms with van der Waals surface area (Å²) in [6.45, 7) is 1.28. The fourth-order valence-corrected chi connectivity index (χ4v) is 0.228. The highest BCUT2D eigenvalue weighted by Gasteiger charge is 2.19. The Morgan fingerprint density at radius 3 is 2.18 bits per heavy atom. The number of hydrogen-bond acceptors (Lipinski definition) is 5. The van der Waals surface area contributed by atoms with Crippen LogP contribution in [0.3, 0.4) is 0 Å². The summed E-state index contributed by atoms with van der Waals surface area (Å²) in [5.74, 6) is -4.50. The standard InChI is InChI=1S/C5H7NO5/c1-2(6)4(9)11-5(10)3(7)8/h2H,6H2,1H3,(H,7,8). The second-order valence-electron chi connectivity index (χ2n) is 1.80. The molecule has 1 unspecified atom stereocenters. The lowest BCUT2D eigenvalue weighted by atomic mass is 10.4. The highest BCUT2D eigenvalue weighted by Crippen LogP contribution is 1.85. The van der Waals surface area contributed by atoms with Crippen LogP contribution in [-0.2, 0) is 19.1 Å². The molecule has 0 fully saturated rings.